The van der Waals surface area contributed by atoms with Crippen molar-refractivity contribution in [1.82, 2.24) is 9.99 Å². The monoisotopic (exact) mass is 609 g/mol. The van der Waals surface area contributed by atoms with Gasteiger partial charge in [0, 0.05) is 33.6 Å². The Hall–Kier alpha value is -4.29. The molecule has 0 aliphatic heterocycles. The predicted molar refractivity (Wildman–Crippen MR) is 153 cm³/mol. The maximum Gasteiger partial charge on any atom is 0.271 e. The second kappa shape index (κ2) is 11.6. The van der Waals surface area contributed by atoms with E-state index in [-0.39, 0.29) is 16.3 Å². The number of sulfonamides is 1. The summed E-state index contributed by atoms with van der Waals surface area (Å²) < 4.78 is 30.6. The molecule has 3 aromatic carbocycles. The lowest BCUT2D eigenvalue weighted by atomic mass is 10.2. The lowest BCUT2D eigenvalue weighted by Crippen LogP contribution is -2.39. The summed E-state index contributed by atoms with van der Waals surface area (Å²) in [5, 5.41) is 15.3. The first kappa shape index (κ1) is 27.7. The molecule has 12 heteroatoms. The molecule has 0 saturated carbocycles. The van der Waals surface area contributed by atoms with E-state index in [0.717, 1.165) is 37.5 Å². The molecule has 0 aliphatic carbocycles. The third-order valence-corrected chi connectivity index (χ3v) is 8.36. The highest BCUT2D eigenvalue weighted by Crippen LogP contribution is 2.28. The van der Waals surface area contributed by atoms with E-state index in [4.69, 9.17) is 0 Å². The van der Waals surface area contributed by atoms with Crippen LogP contribution in [0.3, 0.4) is 0 Å². The van der Waals surface area contributed by atoms with Gasteiger partial charge in [0.15, 0.2) is 0 Å². The van der Waals surface area contributed by atoms with Crippen molar-refractivity contribution in [1.29, 1.82) is 0 Å². The molecular formula is C27H24BrN5O5S. The molecule has 1 heterocycles. The minimum atomic E-state index is -4.22. The number of halogens is 1. The minimum absolute atomic E-state index is 0.0239. The summed E-state index contributed by atoms with van der Waals surface area (Å²) in [7, 11) is -4.22. The van der Waals surface area contributed by atoms with Crippen molar-refractivity contribution >= 4 is 49.4 Å². The van der Waals surface area contributed by atoms with Crippen LogP contribution in [0.2, 0.25) is 0 Å². The Morgan fingerprint density at radius 2 is 1.74 bits per heavy atom. The minimum Gasteiger partial charge on any atom is -0.317 e. The van der Waals surface area contributed by atoms with Crippen molar-refractivity contribution in [2.45, 2.75) is 18.7 Å². The number of nitrogens with zero attached hydrogens (tertiary/aromatic N) is 4. The fourth-order valence-corrected chi connectivity index (χ4v) is 5.95. The number of rotatable bonds is 9. The standard InChI is InChI=1S/C27H24BrN5O5S/c1-19-15-21(20(2)32(19)26-14-7-6-13-25(26)28)17-29-30-27(34)18-31(22-9-8-10-23(16-22)33(35)36)39(37,38)24-11-4-3-5-12-24/h3-17H,18H2,1-2H3,(H,30,34)/b29-17-. The number of nitro groups is 1. The molecule has 1 amide bonds. The second-order valence-corrected chi connectivity index (χ2v) is 11.2. The molecule has 0 fully saturated rings. The molecule has 10 nitrogen and oxygen atoms in total. The Morgan fingerprint density at radius 1 is 1.05 bits per heavy atom. The first-order valence-corrected chi connectivity index (χ1v) is 13.9. The van der Waals surface area contributed by atoms with Gasteiger partial charge in [-0.1, -0.05) is 36.4 Å². The van der Waals surface area contributed by atoms with Crippen LogP contribution in [0.25, 0.3) is 5.69 Å². The molecule has 200 valence electrons. The maximum absolute atomic E-state index is 13.4. The Morgan fingerprint density at radius 3 is 2.44 bits per heavy atom. The first-order valence-electron chi connectivity index (χ1n) is 11.7. The van der Waals surface area contributed by atoms with Crippen LogP contribution in [-0.2, 0) is 14.8 Å². The van der Waals surface area contributed by atoms with Gasteiger partial charge in [-0.15, -0.1) is 0 Å². The highest BCUT2D eigenvalue weighted by molar-refractivity contribution is 9.10. The fraction of sp³-hybridized carbons (Fsp3) is 0.111. The van der Waals surface area contributed by atoms with Crippen LogP contribution >= 0.6 is 15.9 Å². The van der Waals surface area contributed by atoms with E-state index < -0.39 is 27.4 Å². The molecule has 4 aromatic rings. The van der Waals surface area contributed by atoms with Crippen molar-refractivity contribution < 1.29 is 18.1 Å². The number of aromatic nitrogens is 1. The summed E-state index contributed by atoms with van der Waals surface area (Å²) in [6, 6.07) is 22.3. The summed E-state index contributed by atoms with van der Waals surface area (Å²) >= 11 is 3.57. The number of carbonyl (C=O) groups is 1. The van der Waals surface area contributed by atoms with Gasteiger partial charge in [-0.2, -0.15) is 5.10 Å². The molecular weight excluding hydrogens is 586 g/mol. The molecule has 1 aromatic heterocycles. The van der Waals surface area contributed by atoms with Gasteiger partial charge >= 0.3 is 0 Å². The van der Waals surface area contributed by atoms with Crippen molar-refractivity contribution in [3.05, 3.63) is 116 Å². The van der Waals surface area contributed by atoms with Gasteiger partial charge in [0.05, 0.1) is 27.4 Å². The summed E-state index contributed by atoms with van der Waals surface area (Å²) in [4.78, 5) is 23.5. The molecule has 4 rings (SSSR count). The molecule has 0 spiro atoms. The van der Waals surface area contributed by atoms with E-state index in [1.54, 1.807) is 18.2 Å². The van der Waals surface area contributed by atoms with Crippen LogP contribution < -0.4 is 9.73 Å². The van der Waals surface area contributed by atoms with Crippen LogP contribution in [-0.4, -0.2) is 36.6 Å². The van der Waals surface area contributed by atoms with E-state index in [1.807, 2.05) is 48.7 Å². The smallest absolute Gasteiger partial charge is 0.271 e. The van der Waals surface area contributed by atoms with Crippen LogP contribution in [0.1, 0.15) is 17.0 Å². The molecule has 0 atom stereocenters. The average molecular weight is 610 g/mol. The Bertz CT molecular complexity index is 1670. The van der Waals surface area contributed by atoms with Gasteiger partial charge in [0.2, 0.25) is 0 Å². The molecule has 0 aliphatic rings. The third kappa shape index (κ3) is 6.07. The average Bonchev–Trinajstić information content (AvgIpc) is 3.20. The number of nitro benzene ring substituents is 1. The van der Waals surface area contributed by atoms with E-state index in [2.05, 4.69) is 26.5 Å². The number of hydrogen-bond acceptors (Lipinski definition) is 6. The maximum atomic E-state index is 13.4. The van der Waals surface area contributed by atoms with Crippen LogP contribution in [0.4, 0.5) is 11.4 Å². The number of anilines is 1. The SMILES string of the molecule is Cc1cc(/C=N\NC(=O)CN(c2cccc([N+](=O)[O-])c2)S(=O)(=O)c2ccccc2)c(C)n1-c1ccccc1Br. The largest absolute Gasteiger partial charge is 0.317 e. The first-order chi connectivity index (χ1) is 18.6. The fourth-order valence-electron chi connectivity index (χ4n) is 4.06. The lowest BCUT2D eigenvalue weighted by Gasteiger charge is -2.23. The number of para-hydroxylation sites is 1. The topological polar surface area (TPSA) is 127 Å². The van der Waals surface area contributed by atoms with E-state index in [9.17, 15) is 23.3 Å². The number of aryl methyl sites for hydroxylation is 1. The second-order valence-electron chi connectivity index (χ2n) is 8.51. The van der Waals surface area contributed by atoms with Crippen LogP contribution in [0, 0.1) is 24.0 Å². The zero-order chi connectivity index (χ0) is 28.2. The van der Waals surface area contributed by atoms with Crippen molar-refractivity contribution in [3.63, 3.8) is 0 Å². The van der Waals surface area contributed by atoms with Gasteiger partial charge in [-0.05, 0) is 66.2 Å². The van der Waals surface area contributed by atoms with Gasteiger partial charge in [0.1, 0.15) is 6.54 Å². The highest BCUT2D eigenvalue weighted by Gasteiger charge is 2.28. The van der Waals surface area contributed by atoms with Gasteiger partial charge in [-0.25, -0.2) is 13.8 Å². The molecule has 0 radical (unpaired) electrons. The van der Waals surface area contributed by atoms with Gasteiger partial charge in [-0.3, -0.25) is 19.2 Å². The summed E-state index contributed by atoms with van der Waals surface area (Å²) in [6.45, 7) is 3.23. The molecule has 0 unspecified atom stereocenters. The lowest BCUT2D eigenvalue weighted by molar-refractivity contribution is -0.384. The number of non-ortho nitro benzene ring substituents is 1. The Balaban J connectivity index is 1.58. The number of carbonyl (C=O) groups excluding carboxylic acids is 1. The number of nitrogens with one attached hydrogen (secondary N) is 1. The summed E-state index contributed by atoms with van der Waals surface area (Å²) in [5.41, 5.74) is 5.60. The molecule has 0 saturated heterocycles. The third-order valence-electron chi connectivity index (χ3n) is 5.90. The number of hydrazone groups is 1. The number of hydrogen-bond donors (Lipinski definition) is 1. The van der Waals surface area contributed by atoms with Crippen molar-refractivity contribution in [2.75, 3.05) is 10.8 Å². The van der Waals surface area contributed by atoms with E-state index in [1.165, 1.54) is 36.5 Å². The Kier molecular flexibility index (Phi) is 8.27. The molecule has 1 N–H and O–H groups in total. The van der Waals surface area contributed by atoms with Crippen LogP contribution in [0.5, 0.6) is 0 Å². The van der Waals surface area contributed by atoms with E-state index >= 15 is 0 Å². The summed E-state index contributed by atoms with van der Waals surface area (Å²) in [5.74, 6) is -0.725. The van der Waals surface area contributed by atoms with Crippen LogP contribution in [0.15, 0.2) is 99.4 Å². The van der Waals surface area contributed by atoms with Crippen molar-refractivity contribution in [3.8, 4) is 5.69 Å². The number of amides is 1. The summed E-state index contributed by atoms with van der Waals surface area (Å²) in [6.07, 6.45) is 1.48. The quantitative estimate of drug-likeness (QED) is 0.160. The molecule has 39 heavy (non-hydrogen) atoms. The normalized spacial score (nSPS) is 11.5. The van der Waals surface area contributed by atoms with Gasteiger partial charge in [0.25, 0.3) is 21.6 Å². The zero-order valence-corrected chi connectivity index (χ0v) is 23.4. The predicted octanol–water partition coefficient (Wildman–Crippen LogP) is 5.11. The number of benzene rings is 3. The van der Waals surface area contributed by atoms with E-state index in [0.29, 0.717) is 0 Å². The highest BCUT2D eigenvalue weighted by atomic mass is 79.9. The van der Waals surface area contributed by atoms with Gasteiger partial charge < -0.3 is 4.57 Å². The molecule has 0 bridgehead atoms. The zero-order valence-electron chi connectivity index (χ0n) is 21.0. The van der Waals surface area contributed by atoms with Crippen molar-refractivity contribution in [2.24, 2.45) is 5.10 Å². The Labute approximate surface area is 233 Å².